The van der Waals surface area contributed by atoms with E-state index in [-0.39, 0.29) is 11.9 Å². The highest BCUT2D eigenvalue weighted by Gasteiger charge is 2.08. The van der Waals surface area contributed by atoms with E-state index in [1.165, 1.54) is 0 Å². The number of hydrogen-bond donors (Lipinski definition) is 1. The second kappa shape index (κ2) is 5.66. The number of likely N-dealkylation sites (N-methyl/N-ethyl adjacent to an activating group) is 1. The highest BCUT2D eigenvalue weighted by molar-refractivity contribution is 5.25. The second-order valence-corrected chi connectivity index (χ2v) is 3.31. The number of nitrogens with one attached hydrogen (secondary N) is 1. The standard InChI is InChI=1S/C11H15F2NO/c1-3-14-7-8(2)15-11-6-9(12)4-5-10(11)13/h4-6,8,14H,3,7H2,1-2H3. The van der Waals surface area contributed by atoms with E-state index in [0.29, 0.717) is 6.54 Å². The summed E-state index contributed by atoms with van der Waals surface area (Å²) in [6.07, 6.45) is -0.193. The normalized spacial score (nSPS) is 12.5. The quantitative estimate of drug-likeness (QED) is 0.814. The Kier molecular flexibility index (Phi) is 4.49. The molecular formula is C11H15F2NO. The largest absolute Gasteiger partial charge is 0.486 e. The minimum Gasteiger partial charge on any atom is -0.486 e. The number of benzene rings is 1. The highest BCUT2D eigenvalue weighted by atomic mass is 19.1. The fourth-order valence-corrected chi connectivity index (χ4v) is 1.17. The lowest BCUT2D eigenvalue weighted by molar-refractivity contribution is 0.208. The van der Waals surface area contributed by atoms with E-state index < -0.39 is 11.6 Å². The van der Waals surface area contributed by atoms with Crippen LogP contribution < -0.4 is 10.1 Å². The van der Waals surface area contributed by atoms with Gasteiger partial charge in [0.1, 0.15) is 11.9 Å². The smallest absolute Gasteiger partial charge is 0.165 e. The van der Waals surface area contributed by atoms with Crippen molar-refractivity contribution in [2.75, 3.05) is 13.1 Å². The van der Waals surface area contributed by atoms with Crippen molar-refractivity contribution < 1.29 is 13.5 Å². The molecule has 1 rings (SSSR count). The van der Waals surface area contributed by atoms with Gasteiger partial charge in [-0.1, -0.05) is 6.92 Å². The maximum Gasteiger partial charge on any atom is 0.165 e. The zero-order valence-electron chi connectivity index (χ0n) is 8.89. The molecule has 1 atom stereocenters. The Morgan fingerprint density at radius 1 is 1.40 bits per heavy atom. The molecule has 1 unspecified atom stereocenters. The van der Waals surface area contributed by atoms with Crippen LogP contribution in [0.15, 0.2) is 18.2 Å². The van der Waals surface area contributed by atoms with E-state index >= 15 is 0 Å². The molecule has 0 spiro atoms. The third kappa shape index (κ3) is 3.83. The summed E-state index contributed by atoms with van der Waals surface area (Å²) in [5, 5.41) is 3.06. The summed E-state index contributed by atoms with van der Waals surface area (Å²) in [5.74, 6) is -1.08. The summed E-state index contributed by atoms with van der Waals surface area (Å²) >= 11 is 0. The number of ether oxygens (including phenoxy) is 1. The zero-order chi connectivity index (χ0) is 11.3. The van der Waals surface area contributed by atoms with E-state index in [0.717, 1.165) is 24.7 Å². The second-order valence-electron chi connectivity index (χ2n) is 3.31. The van der Waals surface area contributed by atoms with Gasteiger partial charge < -0.3 is 10.1 Å². The summed E-state index contributed by atoms with van der Waals surface area (Å²) in [4.78, 5) is 0. The van der Waals surface area contributed by atoms with E-state index in [1.807, 2.05) is 6.92 Å². The SMILES string of the molecule is CCNCC(C)Oc1cc(F)ccc1F. The van der Waals surface area contributed by atoms with Crippen LogP contribution in [0.25, 0.3) is 0 Å². The number of hydrogen-bond acceptors (Lipinski definition) is 2. The van der Waals surface area contributed by atoms with E-state index in [2.05, 4.69) is 5.32 Å². The van der Waals surface area contributed by atoms with E-state index in [1.54, 1.807) is 6.92 Å². The van der Waals surface area contributed by atoms with Gasteiger partial charge in [0.05, 0.1) is 0 Å². The van der Waals surface area contributed by atoms with Crippen molar-refractivity contribution in [2.24, 2.45) is 0 Å². The van der Waals surface area contributed by atoms with Crippen molar-refractivity contribution in [3.8, 4) is 5.75 Å². The molecule has 1 aromatic rings. The molecular weight excluding hydrogens is 200 g/mol. The third-order valence-corrected chi connectivity index (χ3v) is 1.90. The van der Waals surface area contributed by atoms with Crippen LogP contribution in [0.2, 0.25) is 0 Å². The van der Waals surface area contributed by atoms with Crippen molar-refractivity contribution in [3.63, 3.8) is 0 Å². The molecule has 15 heavy (non-hydrogen) atoms. The molecule has 1 N–H and O–H groups in total. The van der Waals surface area contributed by atoms with Crippen LogP contribution in [0.5, 0.6) is 5.75 Å². The van der Waals surface area contributed by atoms with Gasteiger partial charge in [-0.25, -0.2) is 8.78 Å². The maximum absolute atomic E-state index is 13.1. The van der Waals surface area contributed by atoms with Gasteiger partial charge in [0.25, 0.3) is 0 Å². The summed E-state index contributed by atoms with van der Waals surface area (Å²) < 4.78 is 31.2. The lowest BCUT2D eigenvalue weighted by Crippen LogP contribution is -2.28. The van der Waals surface area contributed by atoms with Gasteiger partial charge in [-0.2, -0.15) is 0 Å². The summed E-state index contributed by atoms with van der Waals surface area (Å²) in [5.41, 5.74) is 0. The number of rotatable bonds is 5. The third-order valence-electron chi connectivity index (χ3n) is 1.90. The number of halogens is 2. The predicted molar refractivity (Wildman–Crippen MR) is 55.0 cm³/mol. The molecule has 0 amide bonds. The molecule has 0 aromatic heterocycles. The Morgan fingerprint density at radius 2 is 2.13 bits per heavy atom. The first kappa shape index (κ1) is 11.9. The monoisotopic (exact) mass is 215 g/mol. The molecule has 0 bridgehead atoms. The molecule has 4 heteroatoms. The van der Waals surface area contributed by atoms with Crippen molar-refractivity contribution in [1.82, 2.24) is 5.32 Å². The molecule has 0 aliphatic carbocycles. The van der Waals surface area contributed by atoms with Crippen molar-refractivity contribution in [1.29, 1.82) is 0 Å². The Balaban J connectivity index is 2.59. The summed E-state index contributed by atoms with van der Waals surface area (Å²) in [7, 11) is 0. The van der Waals surface area contributed by atoms with Crippen LogP contribution in [0.1, 0.15) is 13.8 Å². The minimum atomic E-state index is -0.542. The molecule has 0 saturated heterocycles. The average molecular weight is 215 g/mol. The van der Waals surface area contributed by atoms with Gasteiger partial charge in [0.2, 0.25) is 0 Å². The Morgan fingerprint density at radius 3 is 2.80 bits per heavy atom. The molecule has 84 valence electrons. The Hall–Kier alpha value is -1.16. The first-order chi connectivity index (χ1) is 7.13. The average Bonchev–Trinajstić information content (AvgIpc) is 2.20. The lowest BCUT2D eigenvalue weighted by atomic mass is 10.3. The van der Waals surface area contributed by atoms with Crippen LogP contribution >= 0.6 is 0 Å². The van der Waals surface area contributed by atoms with Crippen LogP contribution in [0.4, 0.5) is 8.78 Å². The van der Waals surface area contributed by atoms with Gasteiger partial charge in [-0.15, -0.1) is 0 Å². The van der Waals surface area contributed by atoms with Crippen LogP contribution in [0.3, 0.4) is 0 Å². The Bertz CT molecular complexity index is 317. The fourth-order valence-electron chi connectivity index (χ4n) is 1.17. The van der Waals surface area contributed by atoms with Crippen LogP contribution in [-0.2, 0) is 0 Å². The zero-order valence-corrected chi connectivity index (χ0v) is 8.89. The molecule has 0 fully saturated rings. The highest BCUT2D eigenvalue weighted by Crippen LogP contribution is 2.19. The van der Waals surface area contributed by atoms with Crippen molar-refractivity contribution >= 4 is 0 Å². The molecule has 0 radical (unpaired) electrons. The summed E-state index contributed by atoms with van der Waals surface area (Å²) in [6, 6.07) is 3.18. The van der Waals surface area contributed by atoms with Gasteiger partial charge in [0, 0.05) is 12.6 Å². The maximum atomic E-state index is 13.1. The van der Waals surface area contributed by atoms with Crippen LogP contribution in [0, 0.1) is 11.6 Å². The topological polar surface area (TPSA) is 21.3 Å². The minimum absolute atomic E-state index is 0.0413. The van der Waals surface area contributed by atoms with Gasteiger partial charge >= 0.3 is 0 Å². The van der Waals surface area contributed by atoms with Gasteiger partial charge in [-0.3, -0.25) is 0 Å². The van der Waals surface area contributed by atoms with Gasteiger partial charge in [-0.05, 0) is 25.6 Å². The first-order valence-electron chi connectivity index (χ1n) is 4.96. The molecule has 0 aliphatic heterocycles. The molecule has 1 aromatic carbocycles. The molecule has 0 aliphatic rings. The molecule has 0 heterocycles. The predicted octanol–water partition coefficient (Wildman–Crippen LogP) is 2.34. The van der Waals surface area contributed by atoms with Crippen LogP contribution in [-0.4, -0.2) is 19.2 Å². The van der Waals surface area contributed by atoms with E-state index in [4.69, 9.17) is 4.74 Å². The summed E-state index contributed by atoms with van der Waals surface area (Å²) in [6.45, 7) is 5.19. The van der Waals surface area contributed by atoms with Crippen molar-refractivity contribution in [3.05, 3.63) is 29.8 Å². The molecule has 2 nitrogen and oxygen atoms in total. The first-order valence-corrected chi connectivity index (χ1v) is 4.96. The Labute approximate surface area is 88.3 Å². The fraction of sp³-hybridized carbons (Fsp3) is 0.455. The van der Waals surface area contributed by atoms with E-state index in [9.17, 15) is 8.78 Å². The van der Waals surface area contributed by atoms with Crippen molar-refractivity contribution in [2.45, 2.75) is 20.0 Å². The molecule has 0 saturated carbocycles. The lowest BCUT2D eigenvalue weighted by Gasteiger charge is -2.15. The van der Waals surface area contributed by atoms with Gasteiger partial charge in [0.15, 0.2) is 11.6 Å².